The van der Waals surface area contributed by atoms with Crippen LogP contribution in [-0.4, -0.2) is 4.98 Å². The van der Waals surface area contributed by atoms with E-state index in [9.17, 15) is 0 Å². The minimum atomic E-state index is -0.350. The maximum absolute atomic E-state index is 5.24. The van der Waals surface area contributed by atoms with Crippen LogP contribution in [0.25, 0.3) is 0 Å². The Balaban J connectivity index is 1.87. The zero-order valence-corrected chi connectivity index (χ0v) is 8.64. The van der Waals surface area contributed by atoms with Gasteiger partial charge in [0.05, 0.1) is 0 Å². The van der Waals surface area contributed by atoms with E-state index in [4.69, 9.17) is 9.47 Å². The van der Waals surface area contributed by atoms with Crippen molar-refractivity contribution in [3.05, 3.63) is 41.6 Å². The monoisotopic (exact) mass is 203 g/mol. The predicted octanol–water partition coefficient (Wildman–Crippen LogP) is 2.78. The first-order valence-electron chi connectivity index (χ1n) is 5.27. The molecule has 0 N–H and O–H groups in total. The second-order valence-corrected chi connectivity index (χ2v) is 4.12. The topological polar surface area (TPSA) is 31.4 Å². The molecule has 15 heavy (non-hydrogen) atoms. The Bertz CT molecular complexity index is 402. The van der Waals surface area contributed by atoms with E-state index in [1.807, 2.05) is 6.20 Å². The first-order valence-corrected chi connectivity index (χ1v) is 5.27. The summed E-state index contributed by atoms with van der Waals surface area (Å²) in [5.74, 6) is 0.745. The third-order valence-electron chi connectivity index (χ3n) is 2.89. The van der Waals surface area contributed by atoms with Crippen molar-refractivity contribution in [2.24, 2.45) is 0 Å². The number of hydrogen-bond acceptors (Lipinski definition) is 3. The van der Waals surface area contributed by atoms with Crippen molar-refractivity contribution in [3.8, 4) is 0 Å². The first-order chi connectivity index (χ1) is 7.34. The zero-order valence-electron chi connectivity index (χ0n) is 8.64. The fourth-order valence-electron chi connectivity index (χ4n) is 1.92. The normalized spacial score (nSPS) is 20.1. The SMILES string of the molecule is Cc1cc(C2OC=CO2)ncc1C1CC1. The smallest absolute Gasteiger partial charge is 0.283 e. The molecular weight excluding hydrogens is 190 g/mol. The lowest BCUT2D eigenvalue weighted by Gasteiger charge is -2.11. The first kappa shape index (κ1) is 8.77. The third kappa shape index (κ3) is 1.58. The van der Waals surface area contributed by atoms with E-state index in [0.29, 0.717) is 0 Å². The quantitative estimate of drug-likeness (QED) is 0.740. The van der Waals surface area contributed by atoms with Crippen molar-refractivity contribution in [3.63, 3.8) is 0 Å². The van der Waals surface area contributed by atoms with Crippen LogP contribution in [0.2, 0.25) is 0 Å². The molecule has 0 atom stereocenters. The summed E-state index contributed by atoms with van der Waals surface area (Å²) in [4.78, 5) is 4.39. The van der Waals surface area contributed by atoms with Gasteiger partial charge in [0, 0.05) is 6.20 Å². The van der Waals surface area contributed by atoms with Crippen molar-refractivity contribution in [2.45, 2.75) is 32.0 Å². The fourth-order valence-corrected chi connectivity index (χ4v) is 1.92. The van der Waals surface area contributed by atoms with Gasteiger partial charge in [-0.25, -0.2) is 0 Å². The lowest BCUT2D eigenvalue weighted by molar-refractivity contribution is -0.0280. The van der Waals surface area contributed by atoms with Crippen molar-refractivity contribution in [1.82, 2.24) is 4.98 Å². The molecule has 78 valence electrons. The zero-order chi connectivity index (χ0) is 10.3. The predicted molar refractivity (Wildman–Crippen MR) is 55.0 cm³/mol. The van der Waals surface area contributed by atoms with E-state index in [1.165, 1.54) is 24.0 Å². The van der Waals surface area contributed by atoms with E-state index in [0.717, 1.165) is 11.6 Å². The highest BCUT2D eigenvalue weighted by atomic mass is 16.7. The van der Waals surface area contributed by atoms with Crippen molar-refractivity contribution in [2.75, 3.05) is 0 Å². The molecule has 3 nitrogen and oxygen atoms in total. The summed E-state index contributed by atoms with van der Waals surface area (Å²) < 4.78 is 10.5. The number of aryl methyl sites for hydroxylation is 1. The Morgan fingerprint density at radius 3 is 2.60 bits per heavy atom. The molecule has 1 saturated carbocycles. The highest BCUT2D eigenvalue weighted by Crippen LogP contribution is 2.41. The van der Waals surface area contributed by atoms with Gasteiger partial charge in [-0.3, -0.25) is 4.98 Å². The third-order valence-corrected chi connectivity index (χ3v) is 2.89. The summed E-state index contributed by atoms with van der Waals surface area (Å²) in [5.41, 5.74) is 3.52. The Kier molecular flexibility index (Phi) is 1.91. The van der Waals surface area contributed by atoms with Gasteiger partial charge in [-0.2, -0.15) is 0 Å². The second-order valence-electron chi connectivity index (χ2n) is 4.12. The van der Waals surface area contributed by atoms with Gasteiger partial charge in [0.2, 0.25) is 0 Å². The average Bonchev–Trinajstić information content (AvgIpc) is 2.93. The highest BCUT2D eigenvalue weighted by Gasteiger charge is 2.26. The molecule has 2 aliphatic rings. The van der Waals surface area contributed by atoms with Gasteiger partial charge in [0.15, 0.2) is 0 Å². The summed E-state index contributed by atoms with van der Waals surface area (Å²) in [6.07, 6.45) is 7.33. The van der Waals surface area contributed by atoms with Gasteiger partial charge in [-0.15, -0.1) is 0 Å². The molecule has 0 saturated heterocycles. The van der Waals surface area contributed by atoms with Gasteiger partial charge < -0.3 is 9.47 Å². The molecule has 1 aromatic rings. The van der Waals surface area contributed by atoms with E-state index in [2.05, 4.69) is 18.0 Å². The molecule has 2 heterocycles. The van der Waals surface area contributed by atoms with Crippen molar-refractivity contribution < 1.29 is 9.47 Å². The Morgan fingerprint density at radius 1 is 1.27 bits per heavy atom. The summed E-state index contributed by atoms with van der Waals surface area (Å²) >= 11 is 0. The van der Waals surface area contributed by atoms with Crippen molar-refractivity contribution in [1.29, 1.82) is 0 Å². The average molecular weight is 203 g/mol. The number of nitrogens with zero attached hydrogens (tertiary/aromatic N) is 1. The van der Waals surface area contributed by atoms with Crippen molar-refractivity contribution >= 4 is 0 Å². The molecule has 1 aromatic heterocycles. The number of ether oxygens (including phenoxy) is 2. The van der Waals surface area contributed by atoms with Gasteiger partial charge in [0.1, 0.15) is 18.2 Å². The summed E-state index contributed by atoms with van der Waals surface area (Å²) in [7, 11) is 0. The summed E-state index contributed by atoms with van der Waals surface area (Å²) in [5, 5.41) is 0. The molecule has 0 unspecified atom stereocenters. The Labute approximate surface area is 88.7 Å². The van der Waals surface area contributed by atoms with Crippen LogP contribution in [0.5, 0.6) is 0 Å². The van der Waals surface area contributed by atoms with E-state index < -0.39 is 0 Å². The van der Waals surface area contributed by atoms with Crippen LogP contribution < -0.4 is 0 Å². The molecule has 0 aromatic carbocycles. The molecule has 1 aliphatic carbocycles. The number of aromatic nitrogens is 1. The summed E-state index contributed by atoms with van der Waals surface area (Å²) in [6.45, 7) is 2.13. The molecule has 1 aliphatic heterocycles. The molecule has 0 bridgehead atoms. The summed E-state index contributed by atoms with van der Waals surface area (Å²) in [6, 6.07) is 2.06. The van der Waals surface area contributed by atoms with Gasteiger partial charge >= 0.3 is 0 Å². The Morgan fingerprint density at radius 2 is 2.00 bits per heavy atom. The maximum atomic E-state index is 5.24. The number of pyridine rings is 1. The van der Waals surface area contributed by atoms with Gasteiger partial charge in [-0.1, -0.05) is 0 Å². The van der Waals surface area contributed by atoms with E-state index >= 15 is 0 Å². The molecule has 0 amide bonds. The molecule has 3 rings (SSSR count). The molecule has 0 radical (unpaired) electrons. The standard InChI is InChI=1S/C12H13NO2/c1-8-6-11(12-14-4-5-15-12)13-7-10(8)9-2-3-9/h4-7,9,12H,2-3H2,1H3. The van der Waals surface area contributed by atoms with Crippen LogP contribution in [0, 0.1) is 6.92 Å². The fraction of sp³-hybridized carbons (Fsp3) is 0.417. The highest BCUT2D eigenvalue weighted by molar-refractivity contribution is 5.31. The van der Waals surface area contributed by atoms with Gasteiger partial charge in [0.25, 0.3) is 6.29 Å². The van der Waals surface area contributed by atoms with Crippen LogP contribution in [0.1, 0.15) is 41.9 Å². The van der Waals surface area contributed by atoms with E-state index in [-0.39, 0.29) is 6.29 Å². The van der Waals surface area contributed by atoms with Crippen LogP contribution >= 0.6 is 0 Å². The molecule has 3 heteroatoms. The lowest BCUT2D eigenvalue weighted by Crippen LogP contribution is -2.02. The number of hydrogen-bond donors (Lipinski definition) is 0. The van der Waals surface area contributed by atoms with Gasteiger partial charge in [-0.05, 0) is 42.9 Å². The maximum Gasteiger partial charge on any atom is 0.283 e. The molecule has 1 fully saturated rings. The largest absolute Gasteiger partial charge is 0.454 e. The molecular formula is C12H13NO2. The minimum absolute atomic E-state index is 0.350. The number of rotatable bonds is 2. The second kappa shape index (κ2) is 3.26. The van der Waals surface area contributed by atoms with Crippen LogP contribution in [0.4, 0.5) is 0 Å². The Hall–Kier alpha value is -1.51. The van der Waals surface area contributed by atoms with E-state index in [1.54, 1.807) is 12.5 Å². The molecule has 0 spiro atoms. The minimum Gasteiger partial charge on any atom is -0.454 e. The van der Waals surface area contributed by atoms with Crippen LogP contribution in [-0.2, 0) is 9.47 Å². The van der Waals surface area contributed by atoms with Crippen LogP contribution in [0.3, 0.4) is 0 Å². The van der Waals surface area contributed by atoms with Crippen LogP contribution in [0.15, 0.2) is 24.8 Å². The lowest BCUT2D eigenvalue weighted by atomic mass is 10.1.